The number of aryl methyl sites for hydroxylation is 1. The van der Waals surface area contributed by atoms with Crippen LogP contribution in [0.1, 0.15) is 6.92 Å². The Morgan fingerprint density at radius 2 is 2.50 bits per heavy atom. The molecule has 4 heteroatoms. The molecular formula is C10H15N2O2+. The van der Waals surface area contributed by atoms with Crippen molar-refractivity contribution in [2.75, 3.05) is 6.61 Å². The number of ether oxygens (including phenoxy) is 1. The van der Waals surface area contributed by atoms with E-state index in [0.717, 1.165) is 6.54 Å². The normalized spacial score (nSPS) is 9.79. The van der Waals surface area contributed by atoms with Gasteiger partial charge in [0.05, 0.1) is 6.54 Å². The third-order valence-corrected chi connectivity index (χ3v) is 1.87. The Bertz CT molecular complexity index is 318. The fourth-order valence-electron chi connectivity index (χ4n) is 1.07. The molecule has 0 fully saturated rings. The number of carbonyl (C=O) groups excluding carboxylic acids is 1. The van der Waals surface area contributed by atoms with Crippen LogP contribution < -0.4 is 4.57 Å². The second-order valence-electron chi connectivity index (χ2n) is 2.85. The first-order chi connectivity index (χ1) is 6.76. The number of rotatable bonds is 5. The second-order valence-corrected chi connectivity index (χ2v) is 2.85. The highest BCUT2D eigenvalue weighted by molar-refractivity contribution is 5.81. The first-order valence-electron chi connectivity index (χ1n) is 4.60. The Kier molecular flexibility index (Phi) is 3.91. The van der Waals surface area contributed by atoms with E-state index in [1.54, 1.807) is 0 Å². The van der Waals surface area contributed by atoms with Crippen molar-refractivity contribution in [3.05, 3.63) is 31.4 Å². The number of esters is 1. The van der Waals surface area contributed by atoms with Crippen LogP contribution in [0.3, 0.4) is 0 Å². The Hall–Kier alpha value is -1.58. The van der Waals surface area contributed by atoms with Crippen molar-refractivity contribution in [1.82, 2.24) is 4.57 Å². The predicted octanol–water partition coefficient (Wildman–Crippen LogP) is 0.525. The van der Waals surface area contributed by atoms with Crippen molar-refractivity contribution in [3.63, 3.8) is 0 Å². The summed E-state index contributed by atoms with van der Waals surface area (Å²) in [6.45, 7) is 7.38. The van der Waals surface area contributed by atoms with Crippen LogP contribution in [-0.2, 0) is 22.6 Å². The highest BCUT2D eigenvalue weighted by Gasteiger charge is 2.02. The van der Waals surface area contributed by atoms with Crippen molar-refractivity contribution in [2.45, 2.75) is 20.0 Å². The summed E-state index contributed by atoms with van der Waals surface area (Å²) in [5.74, 6) is -0.375. The number of nitrogens with zero attached hydrogens (tertiary/aromatic N) is 2. The lowest BCUT2D eigenvalue weighted by Gasteiger charge is -1.98. The molecule has 0 saturated carbocycles. The second kappa shape index (κ2) is 5.21. The summed E-state index contributed by atoms with van der Waals surface area (Å²) in [6, 6.07) is 0. The van der Waals surface area contributed by atoms with E-state index in [0.29, 0.717) is 13.2 Å². The van der Waals surface area contributed by atoms with Gasteiger partial charge in [-0.15, -0.1) is 0 Å². The van der Waals surface area contributed by atoms with Crippen molar-refractivity contribution in [2.24, 2.45) is 0 Å². The molecule has 0 unspecified atom stereocenters. The zero-order valence-electron chi connectivity index (χ0n) is 8.35. The van der Waals surface area contributed by atoms with E-state index in [1.807, 2.05) is 23.3 Å². The molecule has 0 spiro atoms. The average Bonchev–Trinajstić information content (AvgIpc) is 2.65. The first kappa shape index (κ1) is 10.5. The molecule has 0 atom stereocenters. The largest absolute Gasteiger partial charge is 0.458 e. The monoisotopic (exact) mass is 195 g/mol. The fourth-order valence-corrected chi connectivity index (χ4v) is 1.07. The molecular weight excluding hydrogens is 180 g/mol. The van der Waals surface area contributed by atoms with Crippen LogP contribution >= 0.6 is 0 Å². The lowest BCUT2D eigenvalue weighted by Crippen LogP contribution is -2.34. The molecule has 0 N–H and O–H groups in total. The quantitative estimate of drug-likeness (QED) is 0.390. The Morgan fingerprint density at radius 3 is 3.07 bits per heavy atom. The molecule has 0 bridgehead atoms. The SMILES string of the molecule is C=CC(=O)OCC[n+]1ccn(CC)c1. The first-order valence-corrected chi connectivity index (χ1v) is 4.60. The van der Waals surface area contributed by atoms with E-state index < -0.39 is 0 Å². The van der Waals surface area contributed by atoms with Gasteiger partial charge in [-0.05, 0) is 6.92 Å². The van der Waals surface area contributed by atoms with Crippen molar-refractivity contribution in [3.8, 4) is 0 Å². The summed E-state index contributed by atoms with van der Waals surface area (Å²) in [5, 5.41) is 0. The van der Waals surface area contributed by atoms with Crippen molar-refractivity contribution in [1.29, 1.82) is 0 Å². The maximum Gasteiger partial charge on any atom is 0.330 e. The van der Waals surface area contributed by atoms with E-state index >= 15 is 0 Å². The minimum atomic E-state index is -0.375. The molecule has 1 aromatic heterocycles. The van der Waals surface area contributed by atoms with E-state index in [4.69, 9.17) is 4.74 Å². The maximum atomic E-state index is 10.7. The van der Waals surface area contributed by atoms with E-state index in [1.165, 1.54) is 6.08 Å². The van der Waals surface area contributed by atoms with Crippen LogP contribution in [0.15, 0.2) is 31.4 Å². The summed E-state index contributed by atoms with van der Waals surface area (Å²) in [6.07, 6.45) is 7.07. The standard InChI is InChI=1S/C10H15N2O2/c1-3-10(13)14-8-7-12-6-5-11(4-2)9-12/h3,5-6,9H,1,4,7-8H2,2H3/q+1. The third-order valence-electron chi connectivity index (χ3n) is 1.87. The lowest BCUT2D eigenvalue weighted by atomic mass is 10.6. The van der Waals surface area contributed by atoms with Crippen LogP contribution in [0, 0.1) is 0 Å². The van der Waals surface area contributed by atoms with Crippen LogP contribution in [0.2, 0.25) is 0 Å². The Labute approximate surface area is 83.4 Å². The number of hydrogen-bond acceptors (Lipinski definition) is 2. The highest BCUT2D eigenvalue weighted by atomic mass is 16.5. The van der Waals surface area contributed by atoms with Gasteiger partial charge in [0.15, 0.2) is 0 Å². The van der Waals surface area contributed by atoms with Gasteiger partial charge in [0.1, 0.15) is 25.5 Å². The zero-order chi connectivity index (χ0) is 10.4. The van der Waals surface area contributed by atoms with Gasteiger partial charge in [-0.2, -0.15) is 0 Å². The van der Waals surface area contributed by atoms with E-state index in [2.05, 4.69) is 18.1 Å². The lowest BCUT2D eigenvalue weighted by molar-refractivity contribution is -0.697. The molecule has 1 rings (SSSR count). The van der Waals surface area contributed by atoms with Crippen molar-refractivity contribution < 1.29 is 14.1 Å². The third kappa shape index (κ3) is 3.05. The Balaban J connectivity index is 2.31. The summed E-state index contributed by atoms with van der Waals surface area (Å²) < 4.78 is 8.87. The molecule has 0 radical (unpaired) electrons. The van der Waals surface area contributed by atoms with E-state index in [-0.39, 0.29) is 5.97 Å². The van der Waals surface area contributed by atoms with Gasteiger partial charge in [-0.1, -0.05) is 6.58 Å². The van der Waals surface area contributed by atoms with Gasteiger partial charge >= 0.3 is 5.97 Å². The zero-order valence-corrected chi connectivity index (χ0v) is 8.35. The predicted molar refractivity (Wildman–Crippen MR) is 51.5 cm³/mol. The maximum absolute atomic E-state index is 10.7. The molecule has 14 heavy (non-hydrogen) atoms. The van der Waals surface area contributed by atoms with Crippen molar-refractivity contribution >= 4 is 5.97 Å². The molecule has 0 aliphatic carbocycles. The van der Waals surface area contributed by atoms with E-state index in [9.17, 15) is 4.79 Å². The number of imidazole rings is 1. The van der Waals surface area contributed by atoms with Crippen LogP contribution in [0.5, 0.6) is 0 Å². The molecule has 0 saturated heterocycles. The summed E-state index contributed by atoms with van der Waals surface area (Å²) in [4.78, 5) is 10.7. The topological polar surface area (TPSA) is 35.1 Å². The summed E-state index contributed by atoms with van der Waals surface area (Å²) in [7, 11) is 0. The van der Waals surface area contributed by atoms with Crippen LogP contribution in [0.25, 0.3) is 0 Å². The molecule has 4 nitrogen and oxygen atoms in total. The average molecular weight is 195 g/mol. The molecule has 1 heterocycles. The van der Waals surface area contributed by atoms with Gasteiger partial charge in [0, 0.05) is 6.08 Å². The molecule has 0 amide bonds. The fraction of sp³-hybridized carbons (Fsp3) is 0.400. The van der Waals surface area contributed by atoms with Gasteiger partial charge in [-0.25, -0.2) is 13.9 Å². The summed E-state index contributed by atoms with van der Waals surface area (Å²) in [5.41, 5.74) is 0. The van der Waals surface area contributed by atoms with Crippen LogP contribution in [-0.4, -0.2) is 17.1 Å². The van der Waals surface area contributed by atoms with Gasteiger partial charge in [0.2, 0.25) is 6.33 Å². The van der Waals surface area contributed by atoms with Crippen LogP contribution in [0.4, 0.5) is 0 Å². The van der Waals surface area contributed by atoms with Gasteiger partial charge in [0.25, 0.3) is 0 Å². The molecule has 0 aromatic carbocycles. The molecule has 0 aliphatic rings. The summed E-state index contributed by atoms with van der Waals surface area (Å²) >= 11 is 0. The van der Waals surface area contributed by atoms with Gasteiger partial charge in [-0.3, -0.25) is 0 Å². The minimum Gasteiger partial charge on any atom is -0.458 e. The van der Waals surface area contributed by atoms with Gasteiger partial charge < -0.3 is 4.74 Å². The highest BCUT2D eigenvalue weighted by Crippen LogP contribution is 1.84. The molecule has 0 aliphatic heterocycles. The number of carbonyl (C=O) groups is 1. The minimum absolute atomic E-state index is 0.375. The Morgan fingerprint density at radius 1 is 1.71 bits per heavy atom. The smallest absolute Gasteiger partial charge is 0.330 e. The number of hydrogen-bond donors (Lipinski definition) is 0. The number of aromatic nitrogens is 2. The molecule has 1 aromatic rings. The molecule has 76 valence electrons.